The third-order valence-electron chi connectivity index (χ3n) is 2.56. The van der Waals surface area contributed by atoms with Crippen LogP contribution in [-0.4, -0.2) is 25.3 Å². The lowest BCUT2D eigenvalue weighted by molar-refractivity contribution is -0.137. The minimum absolute atomic E-state index is 0.0775. The number of pyridine rings is 1. The van der Waals surface area contributed by atoms with Crippen LogP contribution in [0.5, 0.6) is 0 Å². The van der Waals surface area contributed by atoms with Crippen molar-refractivity contribution in [2.75, 3.05) is 0 Å². The zero-order valence-electron chi connectivity index (χ0n) is 10.0. The number of hydrogen-bond acceptors (Lipinski definition) is 5. The van der Waals surface area contributed by atoms with Gasteiger partial charge in [-0.05, 0) is 12.1 Å². The van der Waals surface area contributed by atoms with Gasteiger partial charge in [0.05, 0.1) is 16.8 Å². The average molecular weight is 316 g/mol. The molecule has 0 spiro atoms. The second kappa shape index (κ2) is 4.85. The van der Waals surface area contributed by atoms with E-state index in [1.54, 1.807) is 0 Å². The maximum absolute atomic E-state index is 12.9. The molecule has 0 aliphatic rings. The number of aromatic nitrogens is 5. The van der Waals surface area contributed by atoms with Crippen molar-refractivity contribution < 1.29 is 17.7 Å². The Hall–Kier alpha value is -2.42. The molecule has 0 aliphatic heterocycles. The highest BCUT2D eigenvalue weighted by Gasteiger charge is 2.35. The van der Waals surface area contributed by atoms with E-state index < -0.39 is 17.4 Å². The molecule has 0 aromatic carbocycles. The number of nitrogens with zero attached hydrogens (tertiary/aromatic N) is 4. The van der Waals surface area contributed by atoms with Crippen LogP contribution in [0.2, 0.25) is 5.02 Å². The van der Waals surface area contributed by atoms with E-state index in [-0.39, 0.29) is 22.4 Å². The van der Waals surface area contributed by atoms with E-state index in [0.717, 1.165) is 6.07 Å². The van der Waals surface area contributed by atoms with E-state index in [2.05, 4.69) is 25.3 Å². The third-order valence-corrected chi connectivity index (χ3v) is 2.84. The standard InChI is InChI=1S/C11H5ClF3N5O/c12-6-4-17-19-8(6)10-18-9(20-21-10)7-5(11(13,14)15)2-1-3-16-7/h1-4H,(H,17,19). The lowest BCUT2D eigenvalue weighted by Gasteiger charge is -2.08. The summed E-state index contributed by atoms with van der Waals surface area (Å²) in [4.78, 5) is 7.53. The number of halogens is 4. The highest BCUT2D eigenvalue weighted by atomic mass is 35.5. The van der Waals surface area contributed by atoms with Crippen molar-refractivity contribution in [1.29, 1.82) is 0 Å². The molecular weight excluding hydrogens is 311 g/mol. The average Bonchev–Trinajstić information content (AvgIpc) is 3.06. The molecule has 0 atom stereocenters. The van der Waals surface area contributed by atoms with Crippen molar-refractivity contribution in [2.45, 2.75) is 6.18 Å². The molecule has 21 heavy (non-hydrogen) atoms. The summed E-state index contributed by atoms with van der Waals surface area (Å²) in [5.41, 5.74) is -1.15. The van der Waals surface area contributed by atoms with Crippen LogP contribution in [0.3, 0.4) is 0 Å². The molecule has 3 aromatic heterocycles. The fourth-order valence-electron chi connectivity index (χ4n) is 1.65. The highest BCUT2D eigenvalue weighted by Crippen LogP contribution is 2.35. The quantitative estimate of drug-likeness (QED) is 0.785. The molecule has 3 heterocycles. The monoisotopic (exact) mass is 315 g/mol. The highest BCUT2D eigenvalue weighted by molar-refractivity contribution is 6.32. The van der Waals surface area contributed by atoms with E-state index in [0.29, 0.717) is 0 Å². The predicted molar refractivity (Wildman–Crippen MR) is 65.1 cm³/mol. The van der Waals surface area contributed by atoms with E-state index in [1.165, 1.54) is 18.5 Å². The van der Waals surface area contributed by atoms with Gasteiger partial charge in [-0.3, -0.25) is 10.1 Å². The molecule has 0 saturated heterocycles. The van der Waals surface area contributed by atoms with Crippen LogP contribution in [0.1, 0.15) is 5.56 Å². The summed E-state index contributed by atoms with van der Waals surface area (Å²) in [5, 5.41) is 9.88. The fraction of sp³-hybridized carbons (Fsp3) is 0.0909. The molecule has 3 aromatic rings. The van der Waals surface area contributed by atoms with Crippen molar-refractivity contribution in [3.8, 4) is 23.1 Å². The maximum Gasteiger partial charge on any atom is 0.418 e. The van der Waals surface area contributed by atoms with E-state index in [9.17, 15) is 13.2 Å². The fourth-order valence-corrected chi connectivity index (χ4v) is 1.83. The van der Waals surface area contributed by atoms with Crippen molar-refractivity contribution in [3.63, 3.8) is 0 Å². The Morgan fingerprint density at radius 3 is 2.76 bits per heavy atom. The van der Waals surface area contributed by atoms with Crippen LogP contribution in [0.4, 0.5) is 13.2 Å². The van der Waals surface area contributed by atoms with Crippen molar-refractivity contribution >= 4 is 11.6 Å². The molecular formula is C11H5ClF3N5O. The summed E-state index contributed by atoms with van der Waals surface area (Å²) in [6.45, 7) is 0. The van der Waals surface area contributed by atoms with E-state index in [1.807, 2.05) is 0 Å². The number of hydrogen-bond donors (Lipinski definition) is 1. The van der Waals surface area contributed by atoms with Gasteiger partial charge in [0.15, 0.2) is 0 Å². The van der Waals surface area contributed by atoms with E-state index >= 15 is 0 Å². The van der Waals surface area contributed by atoms with Gasteiger partial charge in [-0.15, -0.1) is 0 Å². The topological polar surface area (TPSA) is 80.5 Å². The molecule has 0 amide bonds. The molecule has 0 radical (unpaired) electrons. The van der Waals surface area contributed by atoms with Gasteiger partial charge < -0.3 is 4.52 Å². The Bertz CT molecular complexity index is 782. The van der Waals surface area contributed by atoms with Gasteiger partial charge in [0.25, 0.3) is 5.89 Å². The normalized spacial score (nSPS) is 11.8. The molecule has 0 aliphatic carbocycles. The summed E-state index contributed by atoms with van der Waals surface area (Å²) in [6, 6.07) is 2.07. The van der Waals surface area contributed by atoms with Gasteiger partial charge in [-0.2, -0.15) is 23.3 Å². The Balaban J connectivity index is 2.08. The smallest absolute Gasteiger partial charge is 0.332 e. The Kier molecular flexibility index (Phi) is 3.13. The van der Waals surface area contributed by atoms with Gasteiger partial charge in [-0.1, -0.05) is 16.8 Å². The maximum atomic E-state index is 12.9. The van der Waals surface area contributed by atoms with Crippen LogP contribution in [0, 0.1) is 0 Å². The van der Waals surface area contributed by atoms with Gasteiger partial charge in [0.2, 0.25) is 5.82 Å². The zero-order chi connectivity index (χ0) is 15.0. The molecule has 10 heteroatoms. The molecule has 0 bridgehead atoms. The second-order valence-electron chi connectivity index (χ2n) is 3.91. The minimum Gasteiger partial charge on any atom is -0.332 e. The Labute approximate surface area is 120 Å². The van der Waals surface area contributed by atoms with Crippen LogP contribution in [0.25, 0.3) is 23.1 Å². The molecule has 0 saturated carbocycles. The molecule has 0 unspecified atom stereocenters. The number of H-pyrrole nitrogens is 1. The first-order valence-corrected chi connectivity index (χ1v) is 5.90. The molecule has 0 fully saturated rings. The van der Waals surface area contributed by atoms with Crippen LogP contribution < -0.4 is 0 Å². The zero-order valence-corrected chi connectivity index (χ0v) is 10.8. The lowest BCUT2D eigenvalue weighted by atomic mass is 10.2. The van der Waals surface area contributed by atoms with Crippen LogP contribution in [-0.2, 0) is 6.18 Å². The SMILES string of the molecule is FC(F)(F)c1cccnc1-c1noc(-c2[nH]ncc2Cl)n1. The van der Waals surface area contributed by atoms with Crippen LogP contribution in [0.15, 0.2) is 29.0 Å². The number of aromatic amines is 1. The third kappa shape index (κ3) is 2.47. The number of alkyl halides is 3. The van der Waals surface area contributed by atoms with Crippen LogP contribution >= 0.6 is 11.6 Å². The molecule has 3 rings (SSSR count). The first-order valence-electron chi connectivity index (χ1n) is 5.52. The summed E-state index contributed by atoms with van der Waals surface area (Å²) in [6.07, 6.45) is -2.05. The number of rotatable bonds is 2. The second-order valence-corrected chi connectivity index (χ2v) is 4.32. The van der Waals surface area contributed by atoms with Gasteiger partial charge >= 0.3 is 6.18 Å². The predicted octanol–water partition coefficient (Wildman–Crippen LogP) is 3.19. The Morgan fingerprint density at radius 2 is 2.10 bits per heavy atom. The summed E-state index contributed by atoms with van der Waals surface area (Å²) in [7, 11) is 0. The summed E-state index contributed by atoms with van der Waals surface area (Å²) >= 11 is 5.82. The van der Waals surface area contributed by atoms with Crippen molar-refractivity contribution in [1.82, 2.24) is 25.3 Å². The van der Waals surface area contributed by atoms with Crippen molar-refractivity contribution in [3.05, 3.63) is 35.1 Å². The number of nitrogens with one attached hydrogen (secondary N) is 1. The minimum atomic E-state index is -4.57. The first kappa shape index (κ1) is 13.6. The van der Waals surface area contributed by atoms with Gasteiger partial charge in [0.1, 0.15) is 11.4 Å². The van der Waals surface area contributed by atoms with Gasteiger partial charge in [-0.25, -0.2) is 0 Å². The first-order chi connectivity index (χ1) is 9.97. The van der Waals surface area contributed by atoms with Crippen molar-refractivity contribution in [2.24, 2.45) is 0 Å². The lowest BCUT2D eigenvalue weighted by Crippen LogP contribution is -2.08. The summed E-state index contributed by atoms with van der Waals surface area (Å²) < 4.78 is 43.6. The molecule has 108 valence electrons. The largest absolute Gasteiger partial charge is 0.418 e. The van der Waals surface area contributed by atoms with E-state index in [4.69, 9.17) is 16.1 Å². The molecule has 1 N–H and O–H groups in total. The summed E-state index contributed by atoms with van der Waals surface area (Å²) in [5.74, 6) is -0.366. The molecule has 6 nitrogen and oxygen atoms in total. The van der Waals surface area contributed by atoms with Gasteiger partial charge in [0, 0.05) is 6.20 Å². The Morgan fingerprint density at radius 1 is 1.29 bits per heavy atom.